The minimum absolute atomic E-state index is 0.111. The van der Waals surface area contributed by atoms with Gasteiger partial charge >= 0.3 is 0 Å². The SMILES string of the molecule is N#CCC(N1CCCC1)n1ccc(-c2ncnc3[nH]ccc23)c1. The number of nitrogens with zero attached hydrogens (tertiary/aromatic N) is 5. The Morgan fingerprint density at radius 3 is 2.96 bits per heavy atom. The topological polar surface area (TPSA) is 73.5 Å². The molecule has 4 heterocycles. The van der Waals surface area contributed by atoms with Crippen LogP contribution in [0.15, 0.2) is 37.1 Å². The molecule has 4 rings (SSSR count). The molecule has 1 saturated heterocycles. The van der Waals surface area contributed by atoms with Crippen molar-refractivity contribution >= 4 is 11.0 Å². The second-order valence-electron chi connectivity index (χ2n) is 5.90. The molecular formula is C17H18N6. The predicted octanol–water partition coefficient (Wildman–Crippen LogP) is 2.93. The molecule has 6 nitrogen and oxygen atoms in total. The van der Waals surface area contributed by atoms with E-state index in [2.05, 4.69) is 48.9 Å². The van der Waals surface area contributed by atoms with Gasteiger partial charge in [0.25, 0.3) is 0 Å². The lowest BCUT2D eigenvalue weighted by Gasteiger charge is -2.26. The van der Waals surface area contributed by atoms with Crippen molar-refractivity contribution in [1.82, 2.24) is 24.4 Å². The molecule has 0 bridgehead atoms. The highest BCUT2D eigenvalue weighted by atomic mass is 15.3. The number of aromatic amines is 1. The van der Waals surface area contributed by atoms with E-state index in [1.54, 1.807) is 6.33 Å². The zero-order valence-corrected chi connectivity index (χ0v) is 12.8. The van der Waals surface area contributed by atoms with Gasteiger partial charge in [0.1, 0.15) is 12.0 Å². The van der Waals surface area contributed by atoms with E-state index < -0.39 is 0 Å². The maximum atomic E-state index is 9.18. The van der Waals surface area contributed by atoms with Crippen LogP contribution in [0.5, 0.6) is 0 Å². The Hall–Kier alpha value is -2.65. The molecule has 1 aliphatic rings. The molecule has 116 valence electrons. The van der Waals surface area contributed by atoms with Gasteiger partial charge in [-0.15, -0.1) is 0 Å². The summed E-state index contributed by atoms with van der Waals surface area (Å²) >= 11 is 0. The Balaban J connectivity index is 1.70. The van der Waals surface area contributed by atoms with Crippen molar-refractivity contribution in [3.63, 3.8) is 0 Å². The van der Waals surface area contributed by atoms with Gasteiger partial charge in [0.05, 0.1) is 24.3 Å². The molecule has 3 aromatic rings. The molecule has 6 heteroatoms. The lowest BCUT2D eigenvalue weighted by molar-refractivity contribution is 0.180. The normalized spacial score (nSPS) is 16.7. The molecule has 1 atom stereocenters. The first-order valence-electron chi connectivity index (χ1n) is 7.94. The molecule has 0 radical (unpaired) electrons. The van der Waals surface area contributed by atoms with Crippen LogP contribution >= 0.6 is 0 Å². The second-order valence-corrected chi connectivity index (χ2v) is 5.90. The summed E-state index contributed by atoms with van der Waals surface area (Å²) in [6.07, 6.45) is 10.6. The van der Waals surface area contributed by atoms with Crippen molar-refractivity contribution in [2.45, 2.75) is 25.4 Å². The Kier molecular flexibility index (Phi) is 3.56. The maximum Gasteiger partial charge on any atom is 0.141 e. The van der Waals surface area contributed by atoms with Gasteiger partial charge in [0.15, 0.2) is 0 Å². The Labute approximate surface area is 134 Å². The number of nitriles is 1. The molecule has 1 aliphatic heterocycles. The van der Waals surface area contributed by atoms with Gasteiger partial charge in [-0.3, -0.25) is 4.90 Å². The summed E-state index contributed by atoms with van der Waals surface area (Å²) in [6, 6.07) is 6.38. The van der Waals surface area contributed by atoms with Gasteiger partial charge in [-0.05, 0) is 25.0 Å². The van der Waals surface area contributed by atoms with Gasteiger partial charge in [-0.2, -0.15) is 5.26 Å². The number of hydrogen-bond acceptors (Lipinski definition) is 4. The van der Waals surface area contributed by atoms with Gasteiger partial charge in [0.2, 0.25) is 0 Å². The smallest absolute Gasteiger partial charge is 0.141 e. The minimum Gasteiger partial charge on any atom is -0.346 e. The number of rotatable bonds is 4. The maximum absolute atomic E-state index is 9.18. The van der Waals surface area contributed by atoms with E-state index in [0.717, 1.165) is 35.4 Å². The van der Waals surface area contributed by atoms with Gasteiger partial charge in [-0.25, -0.2) is 9.97 Å². The lowest BCUT2D eigenvalue weighted by atomic mass is 10.2. The summed E-state index contributed by atoms with van der Waals surface area (Å²) in [7, 11) is 0. The molecular weight excluding hydrogens is 288 g/mol. The summed E-state index contributed by atoms with van der Waals surface area (Å²) in [5.41, 5.74) is 2.82. The number of H-pyrrole nitrogens is 1. The fourth-order valence-electron chi connectivity index (χ4n) is 3.39. The van der Waals surface area contributed by atoms with E-state index in [0.29, 0.717) is 6.42 Å². The quantitative estimate of drug-likeness (QED) is 0.804. The first-order valence-corrected chi connectivity index (χ1v) is 7.94. The third-order valence-electron chi connectivity index (χ3n) is 4.52. The highest BCUT2D eigenvalue weighted by Crippen LogP contribution is 2.28. The highest BCUT2D eigenvalue weighted by molar-refractivity contribution is 5.90. The third-order valence-corrected chi connectivity index (χ3v) is 4.52. The van der Waals surface area contributed by atoms with Crippen LogP contribution in [0.25, 0.3) is 22.3 Å². The average Bonchev–Trinajstić information content (AvgIpc) is 3.32. The van der Waals surface area contributed by atoms with Crippen LogP contribution in [-0.2, 0) is 0 Å². The number of aromatic nitrogens is 4. The number of likely N-dealkylation sites (tertiary alicyclic amines) is 1. The lowest BCUT2D eigenvalue weighted by Crippen LogP contribution is -2.29. The molecule has 0 aliphatic carbocycles. The van der Waals surface area contributed by atoms with Crippen molar-refractivity contribution in [2.75, 3.05) is 13.1 Å². The molecule has 0 amide bonds. The number of fused-ring (bicyclic) bond motifs is 1. The van der Waals surface area contributed by atoms with Crippen molar-refractivity contribution in [3.05, 3.63) is 37.1 Å². The van der Waals surface area contributed by atoms with Crippen molar-refractivity contribution in [3.8, 4) is 17.3 Å². The van der Waals surface area contributed by atoms with Crippen LogP contribution in [0, 0.1) is 11.3 Å². The van der Waals surface area contributed by atoms with Gasteiger partial charge in [0, 0.05) is 42.6 Å². The highest BCUT2D eigenvalue weighted by Gasteiger charge is 2.23. The molecule has 3 aromatic heterocycles. The monoisotopic (exact) mass is 306 g/mol. The summed E-state index contributed by atoms with van der Waals surface area (Å²) in [6.45, 7) is 2.13. The zero-order chi connectivity index (χ0) is 15.6. The predicted molar refractivity (Wildman–Crippen MR) is 87.4 cm³/mol. The van der Waals surface area contributed by atoms with Crippen LogP contribution < -0.4 is 0 Å². The fraction of sp³-hybridized carbons (Fsp3) is 0.353. The van der Waals surface area contributed by atoms with E-state index in [9.17, 15) is 5.26 Å². The van der Waals surface area contributed by atoms with Crippen molar-refractivity contribution in [1.29, 1.82) is 5.26 Å². The summed E-state index contributed by atoms with van der Waals surface area (Å²) in [5, 5.41) is 10.2. The summed E-state index contributed by atoms with van der Waals surface area (Å²) in [4.78, 5) is 14.2. The largest absolute Gasteiger partial charge is 0.346 e. The first-order chi connectivity index (χ1) is 11.4. The number of nitrogens with one attached hydrogen (secondary N) is 1. The molecule has 1 unspecified atom stereocenters. The van der Waals surface area contributed by atoms with E-state index in [4.69, 9.17) is 0 Å². The van der Waals surface area contributed by atoms with Crippen LogP contribution in [0.1, 0.15) is 25.4 Å². The Morgan fingerprint density at radius 1 is 1.26 bits per heavy atom. The Morgan fingerprint density at radius 2 is 2.13 bits per heavy atom. The average molecular weight is 306 g/mol. The molecule has 0 spiro atoms. The van der Waals surface area contributed by atoms with E-state index in [1.807, 2.05) is 12.3 Å². The minimum atomic E-state index is 0.111. The number of hydrogen-bond donors (Lipinski definition) is 1. The van der Waals surface area contributed by atoms with Crippen LogP contribution in [0.2, 0.25) is 0 Å². The molecule has 23 heavy (non-hydrogen) atoms. The van der Waals surface area contributed by atoms with Crippen LogP contribution in [0.4, 0.5) is 0 Å². The van der Waals surface area contributed by atoms with E-state index >= 15 is 0 Å². The standard InChI is InChI=1S/C17H18N6/c18-6-3-15(22-8-1-2-9-22)23-10-5-13(11-23)16-14-4-7-19-17(14)21-12-20-16/h4-5,7,10-12,15H,1-3,8-9H2,(H,19,20,21). The fourth-order valence-corrected chi connectivity index (χ4v) is 3.39. The molecule has 0 saturated carbocycles. The van der Waals surface area contributed by atoms with Gasteiger partial charge in [-0.1, -0.05) is 0 Å². The zero-order valence-electron chi connectivity index (χ0n) is 12.8. The third kappa shape index (κ3) is 2.49. The molecule has 1 N–H and O–H groups in total. The Bertz CT molecular complexity index is 849. The molecule has 1 fully saturated rings. The second kappa shape index (κ2) is 5.86. The van der Waals surface area contributed by atoms with Crippen molar-refractivity contribution in [2.24, 2.45) is 0 Å². The molecule has 0 aromatic carbocycles. The first kappa shape index (κ1) is 14.0. The van der Waals surface area contributed by atoms with Crippen molar-refractivity contribution < 1.29 is 0 Å². The summed E-state index contributed by atoms with van der Waals surface area (Å²) in [5.74, 6) is 0. The van der Waals surface area contributed by atoms with E-state index in [-0.39, 0.29) is 6.17 Å². The van der Waals surface area contributed by atoms with Gasteiger partial charge < -0.3 is 9.55 Å². The summed E-state index contributed by atoms with van der Waals surface area (Å²) < 4.78 is 2.14. The van der Waals surface area contributed by atoms with Crippen LogP contribution in [-0.4, -0.2) is 37.5 Å². The van der Waals surface area contributed by atoms with Crippen LogP contribution in [0.3, 0.4) is 0 Å². The van der Waals surface area contributed by atoms with E-state index in [1.165, 1.54) is 12.8 Å².